The molecule has 1 aromatic heterocycles. The molecular formula is C18H29ClN4O2. The van der Waals surface area contributed by atoms with Gasteiger partial charge < -0.3 is 14.9 Å². The summed E-state index contributed by atoms with van der Waals surface area (Å²) < 4.78 is 1.70. The fourth-order valence-electron chi connectivity index (χ4n) is 4.04. The highest BCUT2D eigenvalue weighted by Gasteiger charge is 2.35. The summed E-state index contributed by atoms with van der Waals surface area (Å²) in [5.41, 5.74) is 0. The van der Waals surface area contributed by atoms with E-state index in [0.29, 0.717) is 30.5 Å². The average Bonchev–Trinajstić information content (AvgIpc) is 3.11. The van der Waals surface area contributed by atoms with E-state index >= 15 is 0 Å². The fourth-order valence-corrected chi connectivity index (χ4v) is 4.19. The zero-order valence-electron chi connectivity index (χ0n) is 14.8. The van der Waals surface area contributed by atoms with Crippen molar-refractivity contribution in [2.24, 2.45) is 11.8 Å². The number of rotatable bonds is 6. The molecule has 2 fully saturated rings. The van der Waals surface area contributed by atoms with Crippen LogP contribution < -0.4 is 0 Å². The van der Waals surface area contributed by atoms with E-state index in [0.717, 1.165) is 26.2 Å². The topological polar surface area (TPSA) is 61.6 Å². The predicted molar refractivity (Wildman–Crippen MR) is 97.4 cm³/mol. The predicted octanol–water partition coefficient (Wildman–Crippen LogP) is 1.87. The summed E-state index contributed by atoms with van der Waals surface area (Å²) in [4.78, 5) is 17.0. The van der Waals surface area contributed by atoms with Crippen LogP contribution in [0.5, 0.6) is 0 Å². The monoisotopic (exact) mass is 368 g/mol. The number of carbonyl (C=O) groups excluding carboxylic acids is 1. The van der Waals surface area contributed by atoms with Crippen molar-refractivity contribution >= 4 is 17.5 Å². The summed E-state index contributed by atoms with van der Waals surface area (Å²) in [5.74, 6) is 0.723. The van der Waals surface area contributed by atoms with Gasteiger partial charge in [-0.05, 0) is 31.8 Å². The Balaban J connectivity index is 1.50. The van der Waals surface area contributed by atoms with Gasteiger partial charge in [0.25, 0.3) is 0 Å². The van der Waals surface area contributed by atoms with Gasteiger partial charge in [-0.3, -0.25) is 9.48 Å². The lowest BCUT2D eigenvalue weighted by Crippen LogP contribution is -2.35. The van der Waals surface area contributed by atoms with Gasteiger partial charge in [0.2, 0.25) is 5.91 Å². The van der Waals surface area contributed by atoms with E-state index in [9.17, 15) is 9.90 Å². The Bertz CT molecular complexity index is 557. The number of nitrogens with zero attached hydrogens (tertiary/aromatic N) is 4. The first-order valence-electron chi connectivity index (χ1n) is 9.44. The van der Waals surface area contributed by atoms with E-state index in [1.165, 1.54) is 25.7 Å². The summed E-state index contributed by atoms with van der Waals surface area (Å²) in [6.45, 7) is 5.46. The van der Waals surface area contributed by atoms with Gasteiger partial charge in [0, 0.05) is 51.3 Å². The molecule has 1 amide bonds. The van der Waals surface area contributed by atoms with Crippen molar-refractivity contribution in [3.05, 3.63) is 17.4 Å². The molecule has 0 aliphatic carbocycles. The van der Waals surface area contributed by atoms with Crippen LogP contribution in [0.3, 0.4) is 0 Å². The van der Waals surface area contributed by atoms with Crippen molar-refractivity contribution in [2.75, 3.05) is 39.3 Å². The van der Waals surface area contributed by atoms with Crippen LogP contribution in [0, 0.1) is 11.8 Å². The third-order valence-electron chi connectivity index (χ3n) is 5.51. The van der Waals surface area contributed by atoms with E-state index in [2.05, 4.69) is 10.00 Å². The number of aromatic nitrogens is 2. The third-order valence-corrected chi connectivity index (χ3v) is 5.71. The number of hydrogen-bond acceptors (Lipinski definition) is 4. The van der Waals surface area contributed by atoms with E-state index in [4.69, 9.17) is 11.6 Å². The molecular weight excluding hydrogens is 340 g/mol. The van der Waals surface area contributed by atoms with Crippen molar-refractivity contribution in [1.29, 1.82) is 0 Å². The number of hydrogen-bond donors (Lipinski definition) is 1. The number of carbonyl (C=O) groups is 1. The van der Waals surface area contributed by atoms with Gasteiger partial charge in [-0.15, -0.1) is 0 Å². The summed E-state index contributed by atoms with van der Waals surface area (Å²) in [6.07, 6.45) is 8.93. The van der Waals surface area contributed by atoms with E-state index < -0.39 is 0 Å². The molecule has 3 heterocycles. The summed E-state index contributed by atoms with van der Waals surface area (Å²) in [7, 11) is 0. The first-order valence-corrected chi connectivity index (χ1v) is 9.82. The van der Waals surface area contributed by atoms with Crippen molar-refractivity contribution < 1.29 is 9.90 Å². The Kier molecular flexibility index (Phi) is 6.73. The Morgan fingerprint density at radius 1 is 1.20 bits per heavy atom. The van der Waals surface area contributed by atoms with Crippen LogP contribution >= 0.6 is 11.6 Å². The van der Waals surface area contributed by atoms with Crippen LogP contribution in [0.1, 0.15) is 32.1 Å². The van der Waals surface area contributed by atoms with Crippen LogP contribution in [0.2, 0.25) is 5.02 Å². The largest absolute Gasteiger partial charge is 0.396 e. The third kappa shape index (κ3) is 5.19. The van der Waals surface area contributed by atoms with Crippen molar-refractivity contribution in [3.8, 4) is 0 Å². The lowest BCUT2D eigenvalue weighted by Gasteiger charge is -2.26. The minimum absolute atomic E-state index is 0.142. The van der Waals surface area contributed by atoms with Crippen molar-refractivity contribution in [2.45, 2.75) is 38.6 Å². The molecule has 2 aliphatic heterocycles. The Labute approximate surface area is 154 Å². The van der Waals surface area contributed by atoms with E-state index in [-0.39, 0.29) is 18.4 Å². The average molecular weight is 369 g/mol. The zero-order valence-corrected chi connectivity index (χ0v) is 15.6. The van der Waals surface area contributed by atoms with Crippen LogP contribution in [0.4, 0.5) is 0 Å². The maximum atomic E-state index is 12.5. The molecule has 0 aromatic carbocycles. The first-order chi connectivity index (χ1) is 12.2. The standard InChI is InChI=1S/C18H29ClN4O2/c19-17-9-20-23(13-17)8-5-18(25)22-11-15(16(12-22)14-24)10-21-6-3-1-2-4-7-21/h9,13,15-16,24H,1-8,10-12,14H2/t15-,16-/m0/s1. The second-order valence-corrected chi connectivity index (χ2v) is 7.82. The number of halogens is 1. The van der Waals surface area contributed by atoms with Crippen LogP contribution in [-0.4, -0.2) is 69.9 Å². The highest BCUT2D eigenvalue weighted by molar-refractivity contribution is 6.30. The summed E-state index contributed by atoms with van der Waals surface area (Å²) in [5, 5.41) is 14.4. The van der Waals surface area contributed by atoms with Gasteiger partial charge >= 0.3 is 0 Å². The van der Waals surface area contributed by atoms with Crippen LogP contribution in [0.25, 0.3) is 0 Å². The molecule has 7 heteroatoms. The molecule has 3 rings (SSSR count). The number of aliphatic hydroxyl groups excluding tert-OH is 1. The Hall–Kier alpha value is -1.11. The van der Waals surface area contributed by atoms with E-state index in [1.54, 1.807) is 17.1 Å². The minimum Gasteiger partial charge on any atom is -0.396 e. The molecule has 0 saturated carbocycles. The molecule has 1 N–H and O–H groups in total. The molecule has 2 saturated heterocycles. The lowest BCUT2D eigenvalue weighted by molar-refractivity contribution is -0.130. The van der Waals surface area contributed by atoms with Gasteiger partial charge in [0.1, 0.15) is 0 Å². The van der Waals surface area contributed by atoms with Crippen molar-refractivity contribution in [3.63, 3.8) is 0 Å². The quantitative estimate of drug-likeness (QED) is 0.832. The lowest BCUT2D eigenvalue weighted by atomic mass is 9.96. The normalized spacial score (nSPS) is 25.3. The summed E-state index contributed by atoms with van der Waals surface area (Å²) >= 11 is 5.85. The number of likely N-dealkylation sites (tertiary alicyclic amines) is 2. The second-order valence-electron chi connectivity index (χ2n) is 7.39. The highest BCUT2D eigenvalue weighted by atomic mass is 35.5. The molecule has 6 nitrogen and oxygen atoms in total. The number of aryl methyl sites for hydroxylation is 1. The van der Waals surface area contributed by atoms with Gasteiger partial charge in [0.05, 0.1) is 11.2 Å². The maximum Gasteiger partial charge on any atom is 0.224 e. The van der Waals surface area contributed by atoms with Gasteiger partial charge in [-0.25, -0.2) is 0 Å². The smallest absolute Gasteiger partial charge is 0.224 e. The van der Waals surface area contributed by atoms with Crippen LogP contribution in [-0.2, 0) is 11.3 Å². The molecule has 1 aromatic rings. The molecule has 25 heavy (non-hydrogen) atoms. The van der Waals surface area contributed by atoms with Crippen LogP contribution in [0.15, 0.2) is 12.4 Å². The van der Waals surface area contributed by atoms with E-state index in [1.807, 2.05) is 4.90 Å². The second kappa shape index (κ2) is 9.01. The first kappa shape index (κ1) is 18.7. The molecule has 2 aliphatic rings. The Morgan fingerprint density at radius 3 is 2.56 bits per heavy atom. The molecule has 0 bridgehead atoms. The van der Waals surface area contributed by atoms with Crippen molar-refractivity contribution in [1.82, 2.24) is 19.6 Å². The number of aliphatic hydroxyl groups is 1. The maximum absolute atomic E-state index is 12.5. The number of amides is 1. The fraction of sp³-hybridized carbons (Fsp3) is 0.778. The molecule has 0 spiro atoms. The Morgan fingerprint density at radius 2 is 1.92 bits per heavy atom. The van der Waals surface area contributed by atoms with Gasteiger partial charge in [-0.1, -0.05) is 24.4 Å². The molecule has 0 unspecified atom stereocenters. The van der Waals surface area contributed by atoms with Gasteiger partial charge in [0.15, 0.2) is 0 Å². The molecule has 140 valence electrons. The highest BCUT2D eigenvalue weighted by Crippen LogP contribution is 2.26. The minimum atomic E-state index is 0.142. The molecule has 2 atom stereocenters. The molecule has 0 radical (unpaired) electrons. The van der Waals surface area contributed by atoms with Gasteiger partial charge in [-0.2, -0.15) is 5.10 Å². The zero-order chi connectivity index (χ0) is 17.6. The summed E-state index contributed by atoms with van der Waals surface area (Å²) in [6, 6.07) is 0. The SMILES string of the molecule is O=C(CCn1cc(Cl)cn1)N1C[C@@H](CO)[C@@H](CN2CCCCCC2)C1.